The summed E-state index contributed by atoms with van der Waals surface area (Å²) in [5.74, 6) is 0.512. The molecule has 1 amide bonds. The van der Waals surface area contributed by atoms with Crippen molar-refractivity contribution in [1.82, 2.24) is 4.48 Å². The second kappa shape index (κ2) is 7.91. The topological polar surface area (TPSA) is 26.3 Å². The van der Waals surface area contributed by atoms with Crippen molar-refractivity contribution in [3.63, 3.8) is 0 Å². The fourth-order valence-corrected chi connectivity index (χ4v) is 3.38. The SMILES string of the molecule is O=C(Oc1ccccc1)[N+](c1ccccc1)(c1ccccc1)c1ccccc1. The number of quaternary nitrogens is 1. The fourth-order valence-electron chi connectivity index (χ4n) is 3.38. The first-order chi connectivity index (χ1) is 13.8. The van der Waals surface area contributed by atoms with Crippen LogP contribution in [-0.2, 0) is 0 Å². The van der Waals surface area contributed by atoms with Crippen LogP contribution in [0.4, 0.5) is 21.9 Å². The zero-order valence-electron chi connectivity index (χ0n) is 15.3. The Labute approximate surface area is 164 Å². The molecule has 3 heteroatoms. The largest absolute Gasteiger partial charge is 0.537 e. The highest BCUT2D eigenvalue weighted by atomic mass is 16.6. The van der Waals surface area contributed by atoms with E-state index in [0.29, 0.717) is 5.75 Å². The van der Waals surface area contributed by atoms with Crippen molar-refractivity contribution in [2.75, 3.05) is 0 Å². The number of carbonyl (C=O) groups is 1. The quantitative estimate of drug-likeness (QED) is 0.369. The minimum Gasteiger partial charge on any atom is -0.380 e. The van der Waals surface area contributed by atoms with Gasteiger partial charge >= 0.3 is 6.09 Å². The lowest BCUT2D eigenvalue weighted by molar-refractivity contribution is 0.185. The van der Waals surface area contributed by atoms with Gasteiger partial charge in [-0.05, 0) is 12.1 Å². The van der Waals surface area contributed by atoms with Gasteiger partial charge < -0.3 is 4.74 Å². The molecule has 136 valence electrons. The van der Waals surface area contributed by atoms with E-state index >= 15 is 0 Å². The molecule has 3 nitrogen and oxygen atoms in total. The van der Waals surface area contributed by atoms with Gasteiger partial charge in [0.15, 0.2) is 17.1 Å². The number of amides is 1. The third kappa shape index (κ3) is 3.20. The van der Waals surface area contributed by atoms with Crippen LogP contribution in [0.2, 0.25) is 0 Å². The summed E-state index contributed by atoms with van der Waals surface area (Å²) in [5.41, 5.74) is 2.42. The minimum atomic E-state index is -0.394. The molecule has 0 N–H and O–H groups in total. The average molecular weight is 366 g/mol. The normalized spacial score (nSPS) is 11.0. The first-order valence-electron chi connectivity index (χ1n) is 9.15. The first kappa shape index (κ1) is 17.7. The van der Waals surface area contributed by atoms with Gasteiger partial charge in [-0.3, -0.25) is 0 Å². The summed E-state index contributed by atoms with van der Waals surface area (Å²) >= 11 is 0. The Kier molecular flexibility index (Phi) is 5.00. The van der Waals surface area contributed by atoms with Gasteiger partial charge in [-0.15, -0.1) is 4.48 Å². The van der Waals surface area contributed by atoms with E-state index in [1.54, 1.807) is 12.1 Å². The van der Waals surface area contributed by atoms with Crippen LogP contribution in [0.3, 0.4) is 0 Å². The van der Waals surface area contributed by atoms with Crippen molar-refractivity contribution >= 4 is 23.2 Å². The van der Waals surface area contributed by atoms with E-state index in [2.05, 4.69) is 0 Å². The minimum absolute atomic E-state index is 0.169. The summed E-state index contributed by atoms with van der Waals surface area (Å²) in [5, 5.41) is 0. The zero-order valence-corrected chi connectivity index (χ0v) is 15.3. The van der Waals surface area contributed by atoms with Crippen LogP contribution >= 0.6 is 0 Å². The smallest absolute Gasteiger partial charge is 0.380 e. The molecule has 0 saturated heterocycles. The second-order valence-electron chi connectivity index (χ2n) is 6.36. The molecule has 4 aromatic rings. The number of hydrogen-bond acceptors (Lipinski definition) is 2. The molecule has 0 fully saturated rings. The molecule has 0 saturated carbocycles. The van der Waals surface area contributed by atoms with E-state index in [9.17, 15) is 4.79 Å². The molecular formula is C25H20NO2+. The van der Waals surface area contributed by atoms with Gasteiger partial charge in [0.2, 0.25) is 0 Å². The molecule has 0 aromatic heterocycles. The van der Waals surface area contributed by atoms with Gasteiger partial charge in [0, 0.05) is 36.4 Å². The van der Waals surface area contributed by atoms with Gasteiger partial charge in [0.05, 0.1) is 0 Å². The van der Waals surface area contributed by atoms with Crippen molar-refractivity contribution in [1.29, 1.82) is 0 Å². The zero-order chi connectivity index (χ0) is 19.2. The van der Waals surface area contributed by atoms with Crippen LogP contribution in [0, 0.1) is 0 Å². The van der Waals surface area contributed by atoms with Gasteiger partial charge in [-0.2, -0.15) is 4.79 Å². The molecule has 4 aromatic carbocycles. The summed E-state index contributed by atoms with van der Waals surface area (Å²) < 4.78 is 5.71. The average Bonchev–Trinajstić information content (AvgIpc) is 2.77. The molecule has 0 unspecified atom stereocenters. The summed E-state index contributed by atoms with van der Waals surface area (Å²) in [7, 11) is 0. The van der Waals surface area contributed by atoms with Crippen molar-refractivity contribution in [2.45, 2.75) is 0 Å². The van der Waals surface area contributed by atoms with Gasteiger partial charge in [0.25, 0.3) is 0 Å². The number of ether oxygens (including phenoxy) is 1. The molecule has 0 aliphatic heterocycles. The van der Waals surface area contributed by atoms with Crippen LogP contribution in [0.15, 0.2) is 121 Å². The third-order valence-electron chi connectivity index (χ3n) is 4.65. The lowest BCUT2D eigenvalue weighted by Gasteiger charge is -2.32. The van der Waals surface area contributed by atoms with Crippen molar-refractivity contribution < 1.29 is 9.53 Å². The molecule has 0 bridgehead atoms. The number of rotatable bonds is 4. The Balaban J connectivity index is 1.97. The van der Waals surface area contributed by atoms with Crippen LogP contribution < -0.4 is 9.22 Å². The predicted molar refractivity (Wildman–Crippen MR) is 113 cm³/mol. The molecule has 0 heterocycles. The van der Waals surface area contributed by atoms with E-state index in [0.717, 1.165) is 17.1 Å². The van der Waals surface area contributed by atoms with Crippen LogP contribution in [-0.4, -0.2) is 6.09 Å². The van der Waals surface area contributed by atoms with E-state index in [1.807, 2.05) is 109 Å². The Morgan fingerprint density at radius 2 is 0.821 bits per heavy atom. The predicted octanol–water partition coefficient (Wildman–Crippen LogP) is 6.86. The molecular weight excluding hydrogens is 346 g/mol. The van der Waals surface area contributed by atoms with E-state index < -0.39 is 6.09 Å². The maximum absolute atomic E-state index is 13.8. The Morgan fingerprint density at radius 3 is 1.18 bits per heavy atom. The molecule has 28 heavy (non-hydrogen) atoms. The van der Waals surface area contributed by atoms with E-state index in [-0.39, 0.29) is 4.48 Å². The molecule has 4 rings (SSSR count). The van der Waals surface area contributed by atoms with Crippen LogP contribution in [0.5, 0.6) is 5.75 Å². The summed E-state index contributed by atoms with van der Waals surface area (Å²) in [6.07, 6.45) is -0.394. The monoisotopic (exact) mass is 366 g/mol. The Hall–Kier alpha value is -3.69. The highest BCUT2D eigenvalue weighted by molar-refractivity contribution is 5.98. The first-order valence-corrected chi connectivity index (χ1v) is 9.15. The summed E-state index contributed by atoms with van der Waals surface area (Å²) in [6.45, 7) is 0. The lowest BCUT2D eigenvalue weighted by atomic mass is 10.1. The molecule has 0 aliphatic rings. The molecule has 0 radical (unpaired) electrons. The summed E-state index contributed by atoms with van der Waals surface area (Å²) in [6, 6.07) is 38.3. The molecule has 0 spiro atoms. The molecule has 0 aliphatic carbocycles. The number of hydrogen-bond donors (Lipinski definition) is 0. The Morgan fingerprint density at radius 1 is 0.500 bits per heavy atom. The standard InChI is InChI=1S/C25H20NO2/c27-25(28-24-19-11-4-12-20-24)26(21-13-5-1-6-14-21,22-15-7-2-8-16-22)23-17-9-3-10-18-23/h1-20H/q+1. The highest BCUT2D eigenvalue weighted by Gasteiger charge is 2.46. The fraction of sp³-hybridized carbons (Fsp3) is 0. The number of carbonyl (C=O) groups excluding carboxylic acids is 1. The lowest BCUT2D eigenvalue weighted by Crippen LogP contribution is -2.47. The van der Waals surface area contributed by atoms with Crippen LogP contribution in [0.1, 0.15) is 0 Å². The maximum Gasteiger partial charge on any atom is 0.537 e. The summed E-state index contributed by atoms with van der Waals surface area (Å²) in [4.78, 5) is 13.8. The van der Waals surface area contributed by atoms with Crippen LogP contribution in [0.25, 0.3) is 0 Å². The number of benzene rings is 4. The Bertz CT molecular complexity index is 936. The second-order valence-corrected chi connectivity index (χ2v) is 6.36. The molecule has 0 atom stereocenters. The van der Waals surface area contributed by atoms with E-state index in [4.69, 9.17) is 4.74 Å². The number of nitrogens with zero attached hydrogens (tertiary/aromatic N) is 1. The third-order valence-corrected chi connectivity index (χ3v) is 4.65. The van der Waals surface area contributed by atoms with Crippen molar-refractivity contribution in [3.8, 4) is 5.75 Å². The van der Waals surface area contributed by atoms with Gasteiger partial charge in [0.1, 0.15) is 5.75 Å². The number of para-hydroxylation sites is 4. The maximum atomic E-state index is 13.8. The van der Waals surface area contributed by atoms with Gasteiger partial charge in [-0.25, -0.2) is 0 Å². The van der Waals surface area contributed by atoms with Crippen molar-refractivity contribution in [3.05, 3.63) is 121 Å². The van der Waals surface area contributed by atoms with E-state index in [1.165, 1.54) is 0 Å². The highest BCUT2D eigenvalue weighted by Crippen LogP contribution is 2.44. The van der Waals surface area contributed by atoms with Gasteiger partial charge in [-0.1, -0.05) is 72.8 Å². The van der Waals surface area contributed by atoms with Crippen molar-refractivity contribution in [2.24, 2.45) is 0 Å².